The molecule has 3 rings (SSSR count). The van der Waals surface area contributed by atoms with Gasteiger partial charge in [-0.25, -0.2) is 13.2 Å². The largest absolute Gasteiger partial charge is 0.334 e. The van der Waals surface area contributed by atoms with Gasteiger partial charge in [0.2, 0.25) is 0 Å². The van der Waals surface area contributed by atoms with E-state index < -0.39 is 9.84 Å². The Hall–Kier alpha value is -3.20. The SMILES string of the molecule is Cc1nn(C)c(C)c1CS(=O)(=O)c1ccc(NC(=O)NCc2cccnc2)cc1. The average Bonchev–Trinajstić information content (AvgIpc) is 2.93. The minimum Gasteiger partial charge on any atom is -0.334 e. The Bertz CT molecular complexity index is 1110. The number of benzene rings is 1. The number of nitrogens with zero attached hydrogens (tertiary/aromatic N) is 3. The van der Waals surface area contributed by atoms with E-state index in [1.165, 1.54) is 12.1 Å². The summed E-state index contributed by atoms with van der Waals surface area (Å²) in [6, 6.07) is 9.39. The van der Waals surface area contributed by atoms with Crippen LogP contribution in [0.5, 0.6) is 0 Å². The maximum atomic E-state index is 12.8. The summed E-state index contributed by atoms with van der Waals surface area (Å²) in [5, 5.41) is 9.67. The van der Waals surface area contributed by atoms with Crippen LogP contribution in [0.25, 0.3) is 0 Å². The molecule has 152 valence electrons. The van der Waals surface area contributed by atoms with Gasteiger partial charge in [0.1, 0.15) is 0 Å². The van der Waals surface area contributed by atoms with Gasteiger partial charge in [0.25, 0.3) is 0 Å². The second-order valence-corrected chi connectivity index (χ2v) is 8.71. The predicted molar refractivity (Wildman–Crippen MR) is 110 cm³/mol. The van der Waals surface area contributed by atoms with Gasteiger partial charge in [0.15, 0.2) is 9.84 Å². The zero-order chi connectivity index (χ0) is 21.0. The smallest absolute Gasteiger partial charge is 0.319 e. The van der Waals surface area contributed by atoms with E-state index in [1.807, 2.05) is 13.0 Å². The first-order chi connectivity index (χ1) is 13.8. The van der Waals surface area contributed by atoms with Gasteiger partial charge < -0.3 is 10.6 Å². The van der Waals surface area contributed by atoms with Crippen LogP contribution in [0.4, 0.5) is 10.5 Å². The van der Waals surface area contributed by atoms with E-state index in [-0.39, 0.29) is 16.7 Å². The number of amides is 2. The Labute approximate surface area is 169 Å². The minimum absolute atomic E-state index is 0.114. The number of nitrogens with one attached hydrogen (secondary N) is 2. The Kier molecular flexibility index (Phi) is 5.97. The highest BCUT2D eigenvalue weighted by atomic mass is 32.2. The molecule has 29 heavy (non-hydrogen) atoms. The highest BCUT2D eigenvalue weighted by Gasteiger charge is 2.20. The first kappa shape index (κ1) is 20.5. The summed E-state index contributed by atoms with van der Waals surface area (Å²) in [5.74, 6) is -0.114. The zero-order valence-corrected chi connectivity index (χ0v) is 17.3. The van der Waals surface area contributed by atoms with Crippen LogP contribution in [0.1, 0.15) is 22.5 Å². The molecular formula is C20H23N5O3S. The molecule has 0 fully saturated rings. The molecule has 0 radical (unpaired) electrons. The van der Waals surface area contributed by atoms with Gasteiger partial charge in [-0.1, -0.05) is 6.07 Å². The number of sulfone groups is 1. The van der Waals surface area contributed by atoms with E-state index in [0.717, 1.165) is 11.3 Å². The molecule has 2 N–H and O–H groups in total. The van der Waals surface area contributed by atoms with Crippen LogP contribution in [0.15, 0.2) is 53.7 Å². The number of hydrogen-bond acceptors (Lipinski definition) is 5. The highest BCUT2D eigenvalue weighted by molar-refractivity contribution is 7.90. The van der Waals surface area contributed by atoms with Crippen LogP contribution < -0.4 is 10.6 Å². The van der Waals surface area contributed by atoms with Gasteiger partial charge in [-0.15, -0.1) is 0 Å². The zero-order valence-electron chi connectivity index (χ0n) is 16.5. The van der Waals surface area contributed by atoms with Gasteiger partial charge in [0.05, 0.1) is 16.3 Å². The summed E-state index contributed by atoms with van der Waals surface area (Å²) in [4.78, 5) is 16.2. The number of urea groups is 1. The monoisotopic (exact) mass is 413 g/mol. The first-order valence-corrected chi connectivity index (χ1v) is 10.7. The third kappa shape index (κ3) is 5.00. The third-order valence-electron chi connectivity index (χ3n) is 4.64. The summed E-state index contributed by atoms with van der Waals surface area (Å²) in [7, 11) is -1.74. The van der Waals surface area contributed by atoms with Crippen molar-refractivity contribution in [2.75, 3.05) is 5.32 Å². The van der Waals surface area contributed by atoms with E-state index in [4.69, 9.17) is 0 Å². The second-order valence-electron chi connectivity index (χ2n) is 6.73. The van der Waals surface area contributed by atoms with Crippen LogP contribution >= 0.6 is 0 Å². The number of anilines is 1. The van der Waals surface area contributed by atoms with Crippen LogP contribution in [0.2, 0.25) is 0 Å². The molecule has 0 saturated carbocycles. The van der Waals surface area contributed by atoms with Crippen molar-refractivity contribution in [1.82, 2.24) is 20.1 Å². The molecule has 0 unspecified atom stereocenters. The number of carbonyl (C=O) groups is 1. The lowest BCUT2D eigenvalue weighted by Crippen LogP contribution is -2.28. The molecule has 3 aromatic rings. The molecule has 0 aliphatic rings. The predicted octanol–water partition coefficient (Wildman–Crippen LogP) is 2.73. The minimum atomic E-state index is -3.53. The Balaban J connectivity index is 1.63. The van der Waals surface area contributed by atoms with Crippen molar-refractivity contribution < 1.29 is 13.2 Å². The molecule has 0 aliphatic heterocycles. The number of aromatic nitrogens is 3. The van der Waals surface area contributed by atoms with Gasteiger partial charge in [-0.3, -0.25) is 9.67 Å². The van der Waals surface area contributed by atoms with Gasteiger partial charge in [-0.05, 0) is 49.7 Å². The van der Waals surface area contributed by atoms with E-state index in [0.29, 0.717) is 23.5 Å². The quantitative estimate of drug-likeness (QED) is 0.646. The topological polar surface area (TPSA) is 106 Å². The fraction of sp³-hybridized carbons (Fsp3) is 0.250. The van der Waals surface area contributed by atoms with Crippen molar-refractivity contribution >= 4 is 21.6 Å². The molecule has 0 saturated heterocycles. The molecule has 9 heteroatoms. The molecule has 2 aromatic heterocycles. The van der Waals surface area contributed by atoms with Gasteiger partial charge >= 0.3 is 6.03 Å². The number of rotatable bonds is 6. The van der Waals surface area contributed by atoms with Gasteiger partial charge in [0, 0.05) is 42.9 Å². The molecule has 0 aliphatic carbocycles. The summed E-state index contributed by atoms with van der Waals surface area (Å²) in [6.07, 6.45) is 3.34. The molecule has 8 nitrogen and oxygen atoms in total. The molecule has 0 bridgehead atoms. The van der Waals surface area contributed by atoms with E-state index in [1.54, 1.807) is 49.2 Å². The fourth-order valence-corrected chi connectivity index (χ4v) is 4.42. The lowest BCUT2D eigenvalue weighted by atomic mass is 10.2. The maximum absolute atomic E-state index is 12.8. The molecule has 0 atom stereocenters. The van der Waals surface area contributed by atoms with Crippen molar-refractivity contribution in [2.45, 2.75) is 31.0 Å². The van der Waals surface area contributed by atoms with E-state index in [2.05, 4.69) is 20.7 Å². The number of carbonyl (C=O) groups excluding carboxylic acids is 1. The number of pyridine rings is 1. The van der Waals surface area contributed by atoms with Gasteiger partial charge in [-0.2, -0.15) is 5.10 Å². The number of hydrogen-bond donors (Lipinski definition) is 2. The van der Waals surface area contributed by atoms with Crippen molar-refractivity contribution in [3.05, 3.63) is 71.3 Å². The van der Waals surface area contributed by atoms with Crippen molar-refractivity contribution in [3.63, 3.8) is 0 Å². The highest BCUT2D eigenvalue weighted by Crippen LogP contribution is 2.22. The summed E-state index contributed by atoms with van der Waals surface area (Å²) in [6.45, 7) is 3.99. The lowest BCUT2D eigenvalue weighted by molar-refractivity contribution is 0.251. The Morgan fingerprint density at radius 3 is 2.45 bits per heavy atom. The normalized spacial score (nSPS) is 11.3. The molecule has 1 aromatic carbocycles. The first-order valence-electron chi connectivity index (χ1n) is 9.02. The Morgan fingerprint density at radius 2 is 1.86 bits per heavy atom. The standard InChI is InChI=1S/C20H23N5O3S/c1-14-19(15(2)25(3)24-14)13-29(27,28)18-8-6-17(7-9-18)23-20(26)22-12-16-5-4-10-21-11-16/h4-11H,12-13H2,1-3H3,(H2,22,23,26). The maximum Gasteiger partial charge on any atom is 0.319 e. The van der Waals surface area contributed by atoms with Crippen LogP contribution in [0, 0.1) is 13.8 Å². The second kappa shape index (κ2) is 8.44. The van der Waals surface area contributed by atoms with Crippen molar-refractivity contribution in [3.8, 4) is 0 Å². The molecule has 2 amide bonds. The fourth-order valence-electron chi connectivity index (χ4n) is 2.91. The lowest BCUT2D eigenvalue weighted by Gasteiger charge is -2.09. The van der Waals surface area contributed by atoms with Crippen LogP contribution in [-0.4, -0.2) is 29.2 Å². The summed E-state index contributed by atoms with van der Waals surface area (Å²) >= 11 is 0. The molecule has 2 heterocycles. The molecule has 0 spiro atoms. The van der Waals surface area contributed by atoms with E-state index >= 15 is 0 Å². The average molecular weight is 414 g/mol. The summed E-state index contributed by atoms with van der Waals surface area (Å²) in [5.41, 5.74) is 3.63. The Morgan fingerprint density at radius 1 is 1.14 bits per heavy atom. The third-order valence-corrected chi connectivity index (χ3v) is 6.30. The molecular weight excluding hydrogens is 390 g/mol. The van der Waals surface area contributed by atoms with Crippen molar-refractivity contribution in [2.24, 2.45) is 7.05 Å². The van der Waals surface area contributed by atoms with E-state index in [9.17, 15) is 13.2 Å². The van der Waals surface area contributed by atoms with Crippen LogP contribution in [-0.2, 0) is 29.2 Å². The summed E-state index contributed by atoms with van der Waals surface area (Å²) < 4.78 is 27.2. The van der Waals surface area contributed by atoms with Crippen LogP contribution in [0.3, 0.4) is 0 Å². The van der Waals surface area contributed by atoms with Crippen molar-refractivity contribution in [1.29, 1.82) is 0 Å². The number of aryl methyl sites for hydroxylation is 2.